The van der Waals surface area contributed by atoms with Crippen molar-refractivity contribution in [3.63, 3.8) is 0 Å². The van der Waals surface area contributed by atoms with Gasteiger partial charge in [0.25, 0.3) is 5.91 Å². The average molecular weight is 377 g/mol. The summed E-state index contributed by atoms with van der Waals surface area (Å²) >= 11 is 6.03. The second-order valence-corrected chi connectivity index (χ2v) is 7.97. The van der Waals surface area contributed by atoms with Crippen molar-refractivity contribution in [2.45, 2.75) is 32.4 Å². The monoisotopic (exact) mass is 376 g/mol. The number of β-amino-alcohol motifs (C(OH)–C–C–N with tert-alkyl or cyclic N) is 1. The molecule has 2 aromatic rings. The molecular weight excluding hydrogens is 352 g/mol. The molecule has 0 spiro atoms. The molecule has 1 N–H and O–H groups in total. The Bertz CT molecular complexity index is 784. The summed E-state index contributed by atoms with van der Waals surface area (Å²) in [6.07, 6.45) is 3.37. The van der Waals surface area contributed by atoms with Crippen molar-refractivity contribution in [1.29, 1.82) is 0 Å². The van der Waals surface area contributed by atoms with Crippen LogP contribution < -0.4 is 0 Å². The molecule has 1 aromatic carbocycles. The number of benzene rings is 1. The molecule has 1 amide bonds. The number of aromatic nitrogens is 2. The van der Waals surface area contributed by atoms with Crippen molar-refractivity contribution in [2.24, 2.45) is 0 Å². The molecule has 0 radical (unpaired) electrons. The zero-order chi connectivity index (χ0) is 18.9. The highest BCUT2D eigenvalue weighted by molar-refractivity contribution is 6.30. The highest BCUT2D eigenvalue weighted by Crippen LogP contribution is 2.18. The Morgan fingerprint density at radius 2 is 2.15 bits per heavy atom. The molecule has 0 bridgehead atoms. The van der Waals surface area contributed by atoms with Crippen LogP contribution >= 0.6 is 11.6 Å². The first-order chi connectivity index (χ1) is 12.2. The molecule has 1 aliphatic heterocycles. The van der Waals surface area contributed by atoms with Gasteiger partial charge < -0.3 is 14.6 Å². The summed E-state index contributed by atoms with van der Waals surface area (Å²) in [5, 5.41) is 10.7. The second kappa shape index (κ2) is 7.39. The van der Waals surface area contributed by atoms with Gasteiger partial charge in [0.05, 0.1) is 5.60 Å². The van der Waals surface area contributed by atoms with E-state index >= 15 is 0 Å². The molecule has 140 valence electrons. The third-order valence-corrected chi connectivity index (χ3v) is 4.79. The van der Waals surface area contributed by atoms with Gasteiger partial charge in [-0.3, -0.25) is 9.69 Å². The van der Waals surface area contributed by atoms with Crippen LogP contribution in [-0.4, -0.2) is 68.2 Å². The maximum Gasteiger partial charge on any atom is 0.274 e. The number of rotatable bonds is 4. The van der Waals surface area contributed by atoms with E-state index in [4.69, 9.17) is 11.6 Å². The van der Waals surface area contributed by atoms with Gasteiger partial charge in [0.1, 0.15) is 12.0 Å². The molecule has 1 atom stereocenters. The second-order valence-electron chi connectivity index (χ2n) is 7.53. The largest absolute Gasteiger partial charge is 0.389 e. The molecular formula is C19H25ClN4O2. The number of carbonyl (C=O) groups excluding carboxylic acids is 1. The summed E-state index contributed by atoms with van der Waals surface area (Å²) in [6, 6.07) is 7.61. The Kier molecular flexibility index (Phi) is 5.37. The van der Waals surface area contributed by atoms with Crippen LogP contribution in [0.3, 0.4) is 0 Å². The zero-order valence-electron chi connectivity index (χ0n) is 15.4. The van der Waals surface area contributed by atoms with Gasteiger partial charge in [0.2, 0.25) is 0 Å². The number of halogens is 1. The molecule has 0 saturated carbocycles. The van der Waals surface area contributed by atoms with Gasteiger partial charge in [-0.25, -0.2) is 4.98 Å². The lowest BCUT2D eigenvalue weighted by Gasteiger charge is -2.41. The predicted molar refractivity (Wildman–Crippen MR) is 102 cm³/mol. The molecule has 1 unspecified atom stereocenters. The quantitative estimate of drug-likeness (QED) is 0.890. The smallest absolute Gasteiger partial charge is 0.274 e. The minimum Gasteiger partial charge on any atom is -0.389 e. The molecule has 7 heteroatoms. The molecule has 6 nitrogen and oxygen atoms in total. The number of amides is 1. The van der Waals surface area contributed by atoms with Gasteiger partial charge in [0.15, 0.2) is 0 Å². The van der Waals surface area contributed by atoms with E-state index in [9.17, 15) is 9.90 Å². The third-order valence-electron chi connectivity index (χ3n) is 4.55. The minimum absolute atomic E-state index is 0.0689. The topological polar surface area (TPSA) is 61.6 Å². The van der Waals surface area contributed by atoms with Gasteiger partial charge in [-0.2, -0.15) is 0 Å². The molecule has 1 fully saturated rings. The van der Waals surface area contributed by atoms with Crippen LogP contribution in [0.4, 0.5) is 0 Å². The van der Waals surface area contributed by atoms with Crippen LogP contribution in [-0.2, 0) is 0 Å². The van der Waals surface area contributed by atoms with Crippen LogP contribution in [0.1, 0.15) is 31.3 Å². The van der Waals surface area contributed by atoms with Gasteiger partial charge in [-0.05, 0) is 39.0 Å². The number of carbonyl (C=O) groups is 1. The lowest BCUT2D eigenvalue weighted by Crippen LogP contribution is -2.56. The Labute approximate surface area is 159 Å². The van der Waals surface area contributed by atoms with E-state index in [-0.39, 0.29) is 11.9 Å². The van der Waals surface area contributed by atoms with Crippen molar-refractivity contribution in [1.82, 2.24) is 19.4 Å². The molecule has 3 rings (SSSR count). The molecule has 2 heterocycles. The maximum atomic E-state index is 12.8. The van der Waals surface area contributed by atoms with Gasteiger partial charge >= 0.3 is 0 Å². The molecule has 1 saturated heterocycles. The van der Waals surface area contributed by atoms with Crippen molar-refractivity contribution in [3.8, 4) is 5.69 Å². The summed E-state index contributed by atoms with van der Waals surface area (Å²) in [7, 11) is 0. The highest BCUT2D eigenvalue weighted by Gasteiger charge is 2.30. The van der Waals surface area contributed by atoms with Crippen LogP contribution in [0.5, 0.6) is 0 Å². The van der Waals surface area contributed by atoms with Crippen LogP contribution in [0, 0.1) is 0 Å². The Morgan fingerprint density at radius 3 is 2.81 bits per heavy atom. The Balaban J connectivity index is 1.67. The van der Waals surface area contributed by atoms with Gasteiger partial charge in [-0.15, -0.1) is 0 Å². The van der Waals surface area contributed by atoms with Crippen molar-refractivity contribution in [2.75, 3.05) is 26.2 Å². The fourth-order valence-corrected chi connectivity index (χ4v) is 3.47. The first kappa shape index (κ1) is 18.9. The first-order valence-corrected chi connectivity index (χ1v) is 9.16. The van der Waals surface area contributed by atoms with Crippen LogP contribution in [0.2, 0.25) is 5.02 Å². The number of piperazine rings is 1. The SMILES string of the molecule is CC1CN(C(=O)c2cn(-c3cccc(Cl)c3)cn2)CCN1CC(C)(C)O. The van der Waals surface area contributed by atoms with E-state index in [1.165, 1.54) is 0 Å². The van der Waals surface area contributed by atoms with E-state index in [2.05, 4.69) is 16.8 Å². The Hall–Kier alpha value is -1.89. The molecule has 1 aromatic heterocycles. The fraction of sp³-hybridized carbons (Fsp3) is 0.474. The Morgan fingerprint density at radius 1 is 1.38 bits per heavy atom. The predicted octanol–water partition coefficient (Wildman–Crippen LogP) is 2.44. The van der Waals surface area contributed by atoms with Gasteiger partial charge in [-0.1, -0.05) is 17.7 Å². The molecule has 1 aliphatic rings. The third kappa shape index (κ3) is 4.44. The number of aliphatic hydroxyl groups is 1. The number of hydrogen-bond acceptors (Lipinski definition) is 4. The normalized spacial score (nSPS) is 19.0. The van der Waals surface area contributed by atoms with E-state index in [1.807, 2.05) is 29.2 Å². The lowest BCUT2D eigenvalue weighted by molar-refractivity contribution is -0.00154. The summed E-state index contributed by atoms with van der Waals surface area (Å²) in [5.41, 5.74) is 0.552. The fourth-order valence-electron chi connectivity index (χ4n) is 3.28. The van der Waals surface area contributed by atoms with Gasteiger partial charge in [0, 0.05) is 49.1 Å². The van der Waals surface area contributed by atoms with Crippen LogP contribution in [0.25, 0.3) is 5.69 Å². The van der Waals surface area contributed by atoms with Crippen LogP contribution in [0.15, 0.2) is 36.8 Å². The summed E-state index contributed by atoms with van der Waals surface area (Å²) in [5.74, 6) is -0.0689. The summed E-state index contributed by atoms with van der Waals surface area (Å²) in [6.45, 7) is 8.28. The maximum absolute atomic E-state index is 12.8. The van der Waals surface area contributed by atoms with E-state index in [1.54, 1.807) is 30.9 Å². The summed E-state index contributed by atoms with van der Waals surface area (Å²) < 4.78 is 1.80. The van der Waals surface area contributed by atoms with Crippen molar-refractivity contribution < 1.29 is 9.90 Å². The van der Waals surface area contributed by atoms with Crippen molar-refractivity contribution in [3.05, 3.63) is 47.5 Å². The lowest BCUT2D eigenvalue weighted by atomic mass is 10.1. The average Bonchev–Trinajstić information content (AvgIpc) is 3.05. The number of imidazole rings is 1. The number of nitrogens with zero attached hydrogens (tertiary/aromatic N) is 4. The number of hydrogen-bond donors (Lipinski definition) is 1. The standard InChI is InChI=1S/C19H25ClN4O2/c1-14-10-22(7-8-23(14)12-19(2,3)26)18(25)17-11-24(13-21-17)16-6-4-5-15(20)9-16/h4-6,9,11,13-14,26H,7-8,10,12H2,1-3H3. The molecule has 0 aliphatic carbocycles. The highest BCUT2D eigenvalue weighted by atomic mass is 35.5. The summed E-state index contributed by atoms with van der Waals surface area (Å²) in [4.78, 5) is 21.1. The van der Waals surface area contributed by atoms with E-state index in [0.29, 0.717) is 30.4 Å². The zero-order valence-corrected chi connectivity index (χ0v) is 16.1. The molecule has 26 heavy (non-hydrogen) atoms. The van der Waals surface area contributed by atoms with Crippen molar-refractivity contribution >= 4 is 17.5 Å². The van der Waals surface area contributed by atoms with E-state index < -0.39 is 5.60 Å². The minimum atomic E-state index is -0.740. The first-order valence-electron chi connectivity index (χ1n) is 8.78. The van der Waals surface area contributed by atoms with E-state index in [0.717, 1.165) is 12.2 Å².